The van der Waals surface area contributed by atoms with Gasteiger partial charge >= 0.3 is 5.97 Å². The Labute approximate surface area is 204 Å². The van der Waals surface area contributed by atoms with Crippen molar-refractivity contribution in [2.75, 3.05) is 6.67 Å². The van der Waals surface area contributed by atoms with E-state index in [0.717, 1.165) is 19.3 Å². The molecule has 0 unspecified atom stereocenters. The van der Waals surface area contributed by atoms with E-state index < -0.39 is 29.6 Å². The van der Waals surface area contributed by atoms with Crippen molar-refractivity contribution in [1.82, 2.24) is 16.1 Å². The number of carbonyl (C=O) groups excluding carboxylic acids is 3. The molecule has 0 saturated heterocycles. The van der Waals surface area contributed by atoms with E-state index in [1.54, 1.807) is 42.7 Å². The van der Waals surface area contributed by atoms with Gasteiger partial charge in [0, 0.05) is 11.5 Å². The number of carboxylic acids is 1. The molecule has 10 nitrogen and oxygen atoms in total. The lowest BCUT2D eigenvalue weighted by atomic mass is 9.84. The molecule has 0 bridgehead atoms. The summed E-state index contributed by atoms with van der Waals surface area (Å²) in [5, 5.41) is 23.1. The predicted octanol–water partition coefficient (Wildman–Crippen LogP) is 3.11. The first kappa shape index (κ1) is 27.6. The molecule has 0 aliphatic rings. The Bertz CT molecular complexity index is 1000. The molecular weight excluding hydrogens is 454 g/mol. The number of rotatable bonds is 14. The van der Waals surface area contributed by atoms with Crippen LogP contribution >= 0.6 is 0 Å². The summed E-state index contributed by atoms with van der Waals surface area (Å²) in [5.74, 6) is -3.24. The van der Waals surface area contributed by atoms with Gasteiger partial charge in [-0.05, 0) is 30.5 Å². The molecule has 5 N–H and O–H groups in total. The molecule has 2 aromatic rings. The van der Waals surface area contributed by atoms with Gasteiger partial charge in [0.2, 0.25) is 11.8 Å². The van der Waals surface area contributed by atoms with Crippen LogP contribution < -0.4 is 16.1 Å². The van der Waals surface area contributed by atoms with Crippen molar-refractivity contribution >= 4 is 23.7 Å². The molecule has 190 valence electrons. The lowest BCUT2D eigenvalue weighted by molar-refractivity contribution is -0.140. The SMILES string of the molecule is CCCCC[C@@H](C(=O)NCNC(=O)c1ccc(-c2ccc(CC(=O)O)cc2)o1)[C@@H](CC)C(=O)NO. The lowest BCUT2D eigenvalue weighted by Gasteiger charge is -2.24. The highest BCUT2D eigenvalue weighted by atomic mass is 16.5. The van der Waals surface area contributed by atoms with Crippen LogP contribution in [0.5, 0.6) is 0 Å². The normalized spacial score (nSPS) is 12.4. The van der Waals surface area contributed by atoms with Gasteiger partial charge in [0.1, 0.15) is 5.76 Å². The number of carboxylic acid groups (broad SMARTS) is 1. The van der Waals surface area contributed by atoms with Crippen LogP contribution in [0.3, 0.4) is 0 Å². The van der Waals surface area contributed by atoms with Gasteiger partial charge in [0.25, 0.3) is 5.91 Å². The highest BCUT2D eigenvalue weighted by molar-refractivity contribution is 5.92. The Hall–Kier alpha value is -3.66. The number of carbonyl (C=O) groups is 4. The van der Waals surface area contributed by atoms with Gasteiger partial charge in [-0.25, -0.2) is 5.48 Å². The Morgan fingerprint density at radius 1 is 0.914 bits per heavy atom. The number of unbranched alkanes of at least 4 members (excludes halogenated alkanes) is 2. The summed E-state index contributed by atoms with van der Waals surface area (Å²) in [6.45, 7) is 3.66. The van der Waals surface area contributed by atoms with Crippen LogP contribution in [0.15, 0.2) is 40.8 Å². The first-order valence-electron chi connectivity index (χ1n) is 11.7. The Morgan fingerprint density at radius 2 is 1.63 bits per heavy atom. The Morgan fingerprint density at radius 3 is 2.23 bits per heavy atom. The molecule has 1 heterocycles. The molecule has 0 spiro atoms. The van der Waals surface area contributed by atoms with Gasteiger partial charge in [-0.15, -0.1) is 0 Å². The van der Waals surface area contributed by atoms with E-state index in [9.17, 15) is 19.2 Å². The fourth-order valence-corrected chi connectivity index (χ4v) is 3.87. The maximum Gasteiger partial charge on any atom is 0.307 e. The zero-order valence-electron chi connectivity index (χ0n) is 20.0. The van der Waals surface area contributed by atoms with Crippen molar-refractivity contribution in [2.24, 2.45) is 11.8 Å². The van der Waals surface area contributed by atoms with Crippen molar-refractivity contribution in [1.29, 1.82) is 0 Å². The summed E-state index contributed by atoms with van der Waals surface area (Å²) in [7, 11) is 0. The Kier molecular flexibility index (Phi) is 11.0. The van der Waals surface area contributed by atoms with E-state index in [-0.39, 0.29) is 24.8 Å². The van der Waals surface area contributed by atoms with Gasteiger partial charge in [-0.2, -0.15) is 0 Å². The third kappa shape index (κ3) is 8.25. The summed E-state index contributed by atoms with van der Waals surface area (Å²) < 4.78 is 5.60. The smallest absolute Gasteiger partial charge is 0.307 e. The van der Waals surface area contributed by atoms with E-state index in [2.05, 4.69) is 10.6 Å². The molecule has 2 rings (SSSR count). The van der Waals surface area contributed by atoms with Gasteiger partial charge in [0.05, 0.1) is 19.0 Å². The largest absolute Gasteiger partial charge is 0.481 e. The molecule has 3 amide bonds. The van der Waals surface area contributed by atoms with E-state index in [1.165, 1.54) is 6.07 Å². The Balaban J connectivity index is 1.95. The molecule has 35 heavy (non-hydrogen) atoms. The number of hydroxylamine groups is 1. The molecule has 0 radical (unpaired) electrons. The van der Waals surface area contributed by atoms with Gasteiger partial charge < -0.3 is 20.2 Å². The zero-order chi connectivity index (χ0) is 25.8. The number of amides is 3. The van der Waals surface area contributed by atoms with E-state index in [4.69, 9.17) is 14.7 Å². The minimum atomic E-state index is -0.920. The molecule has 1 aromatic heterocycles. The average molecular weight is 488 g/mol. The maximum absolute atomic E-state index is 12.8. The van der Waals surface area contributed by atoms with Crippen LogP contribution in [0.25, 0.3) is 11.3 Å². The third-order valence-corrected chi connectivity index (χ3v) is 5.76. The van der Waals surface area contributed by atoms with Crippen LogP contribution in [0.2, 0.25) is 0 Å². The quantitative estimate of drug-likeness (QED) is 0.119. The summed E-state index contributed by atoms with van der Waals surface area (Å²) in [4.78, 5) is 48.1. The minimum Gasteiger partial charge on any atom is -0.481 e. The number of benzene rings is 1. The number of hydrogen-bond donors (Lipinski definition) is 5. The standard InChI is InChI=1S/C25H33N3O7/c1-3-5-6-7-19(18(4-2)24(32)28-34)23(31)26-15-27-25(33)21-13-12-20(35-21)17-10-8-16(9-11-17)14-22(29)30/h8-13,18-19,34H,3-7,14-15H2,1-2H3,(H,26,31)(H,27,33)(H,28,32)(H,29,30)/t18-,19-/m1/s1. The van der Waals surface area contributed by atoms with Gasteiger partial charge in [-0.1, -0.05) is 57.4 Å². The summed E-state index contributed by atoms with van der Waals surface area (Å²) in [6.07, 6.45) is 3.44. The van der Waals surface area contributed by atoms with Crippen molar-refractivity contribution in [3.63, 3.8) is 0 Å². The van der Waals surface area contributed by atoms with E-state index in [1.807, 2.05) is 6.92 Å². The van der Waals surface area contributed by atoms with Crippen LogP contribution in [0.4, 0.5) is 0 Å². The van der Waals surface area contributed by atoms with Crippen molar-refractivity contribution in [3.8, 4) is 11.3 Å². The molecule has 0 saturated carbocycles. The van der Waals surface area contributed by atoms with Crippen LogP contribution in [-0.4, -0.2) is 40.7 Å². The fourth-order valence-electron chi connectivity index (χ4n) is 3.87. The predicted molar refractivity (Wildman–Crippen MR) is 127 cm³/mol. The van der Waals surface area contributed by atoms with Crippen molar-refractivity contribution in [3.05, 3.63) is 47.7 Å². The van der Waals surface area contributed by atoms with Crippen molar-refractivity contribution < 1.29 is 33.9 Å². The second-order valence-corrected chi connectivity index (χ2v) is 8.25. The topological polar surface area (TPSA) is 158 Å². The molecule has 10 heteroatoms. The molecular formula is C25H33N3O7. The number of nitrogens with one attached hydrogen (secondary N) is 3. The molecule has 0 aliphatic heterocycles. The average Bonchev–Trinajstić information content (AvgIpc) is 3.34. The highest BCUT2D eigenvalue weighted by Gasteiger charge is 2.31. The maximum atomic E-state index is 12.8. The van der Waals surface area contributed by atoms with Crippen molar-refractivity contribution in [2.45, 2.75) is 52.4 Å². The minimum absolute atomic E-state index is 0.0504. The van der Waals surface area contributed by atoms with E-state index in [0.29, 0.717) is 29.7 Å². The summed E-state index contributed by atoms with van der Waals surface area (Å²) >= 11 is 0. The first-order valence-corrected chi connectivity index (χ1v) is 11.7. The second-order valence-electron chi connectivity index (χ2n) is 8.25. The molecule has 1 aromatic carbocycles. The molecule has 2 atom stereocenters. The zero-order valence-corrected chi connectivity index (χ0v) is 20.0. The van der Waals surface area contributed by atoms with Gasteiger partial charge in [0.15, 0.2) is 5.76 Å². The fraction of sp³-hybridized carbons (Fsp3) is 0.440. The van der Waals surface area contributed by atoms with Crippen LogP contribution in [0, 0.1) is 11.8 Å². The van der Waals surface area contributed by atoms with E-state index >= 15 is 0 Å². The van der Waals surface area contributed by atoms with Gasteiger partial charge in [-0.3, -0.25) is 24.4 Å². The number of aliphatic carboxylic acids is 1. The first-order chi connectivity index (χ1) is 16.8. The van der Waals surface area contributed by atoms with Crippen LogP contribution in [-0.2, 0) is 20.8 Å². The monoisotopic (exact) mass is 487 g/mol. The van der Waals surface area contributed by atoms with Crippen LogP contribution in [0.1, 0.15) is 62.1 Å². The third-order valence-electron chi connectivity index (χ3n) is 5.76. The highest BCUT2D eigenvalue weighted by Crippen LogP contribution is 2.24. The summed E-state index contributed by atoms with van der Waals surface area (Å²) in [6, 6.07) is 9.92. The molecule has 0 fully saturated rings. The lowest BCUT2D eigenvalue weighted by Crippen LogP contribution is -2.44. The molecule has 0 aliphatic carbocycles. The second kappa shape index (κ2) is 13.9. The number of hydrogen-bond acceptors (Lipinski definition) is 6. The number of furan rings is 1. The summed E-state index contributed by atoms with van der Waals surface area (Å²) in [5.41, 5.74) is 2.98.